The maximum atomic E-state index is 13.4. The molecule has 6 rings (SSSR count). The Labute approximate surface area is 191 Å². The number of imidazole rings is 1. The molecule has 1 amide bonds. The van der Waals surface area contributed by atoms with Gasteiger partial charge in [0.1, 0.15) is 17.7 Å². The van der Waals surface area contributed by atoms with Crippen LogP contribution < -0.4 is 0 Å². The number of aliphatic imine (C=N–C) groups is 1. The third-order valence-corrected chi connectivity index (χ3v) is 6.74. The zero-order chi connectivity index (χ0) is 22.5. The normalized spacial score (nSPS) is 20.1. The molecular formula is C26H24FN5O. The highest BCUT2D eigenvalue weighted by Crippen LogP contribution is 2.34. The van der Waals surface area contributed by atoms with Gasteiger partial charge in [0, 0.05) is 25.0 Å². The van der Waals surface area contributed by atoms with Crippen LogP contribution in [0.4, 0.5) is 4.39 Å². The van der Waals surface area contributed by atoms with Gasteiger partial charge in [0.15, 0.2) is 0 Å². The number of carbonyl (C=O) groups excluding carboxylic acids is 1. The molecule has 6 nitrogen and oxygen atoms in total. The lowest BCUT2D eigenvalue weighted by Gasteiger charge is -2.38. The Balaban J connectivity index is 1.30. The van der Waals surface area contributed by atoms with E-state index in [9.17, 15) is 9.18 Å². The molecule has 1 atom stereocenters. The van der Waals surface area contributed by atoms with E-state index in [-0.39, 0.29) is 11.7 Å². The van der Waals surface area contributed by atoms with Crippen molar-refractivity contribution >= 4 is 17.8 Å². The van der Waals surface area contributed by atoms with Gasteiger partial charge in [-0.05, 0) is 72.7 Å². The fourth-order valence-corrected chi connectivity index (χ4v) is 5.05. The van der Waals surface area contributed by atoms with Gasteiger partial charge < -0.3 is 4.57 Å². The summed E-state index contributed by atoms with van der Waals surface area (Å²) in [6, 6.07) is 9.92. The van der Waals surface area contributed by atoms with Crippen molar-refractivity contribution in [3.8, 4) is 5.69 Å². The predicted molar refractivity (Wildman–Crippen MR) is 124 cm³/mol. The Kier molecular flexibility index (Phi) is 4.73. The second kappa shape index (κ2) is 7.78. The molecule has 7 heteroatoms. The molecule has 3 aliphatic rings. The van der Waals surface area contributed by atoms with E-state index >= 15 is 0 Å². The SMILES string of the molecule is Cc1cn(-c2ccc(/C=C/C3=NC(=O)C(c4ccc(F)cc4)N4CCCN34)c3c2CC3)cn1. The van der Waals surface area contributed by atoms with Gasteiger partial charge in [-0.15, -0.1) is 0 Å². The van der Waals surface area contributed by atoms with Gasteiger partial charge >= 0.3 is 0 Å². The average Bonchev–Trinajstić information content (AvgIpc) is 3.43. The number of nitrogens with zero attached hydrogens (tertiary/aromatic N) is 5. The number of amidine groups is 1. The molecule has 1 aromatic heterocycles. The summed E-state index contributed by atoms with van der Waals surface area (Å²) in [5, 5.41) is 4.14. The van der Waals surface area contributed by atoms with E-state index in [1.807, 2.05) is 25.5 Å². The first-order valence-electron chi connectivity index (χ1n) is 11.3. The maximum Gasteiger partial charge on any atom is 0.271 e. The summed E-state index contributed by atoms with van der Waals surface area (Å²) in [4.78, 5) is 21.8. The number of benzene rings is 2. The lowest BCUT2D eigenvalue weighted by molar-refractivity contribution is -0.129. The smallest absolute Gasteiger partial charge is 0.271 e. The van der Waals surface area contributed by atoms with Gasteiger partial charge in [0.05, 0.1) is 12.0 Å². The number of aryl methyl sites for hydroxylation is 1. The summed E-state index contributed by atoms with van der Waals surface area (Å²) in [6.07, 6.45) is 11.0. The van der Waals surface area contributed by atoms with Gasteiger partial charge in [0.25, 0.3) is 5.91 Å². The molecule has 2 aliphatic heterocycles. The third kappa shape index (κ3) is 3.40. The molecule has 3 aromatic rings. The second-order valence-corrected chi connectivity index (χ2v) is 8.79. The summed E-state index contributed by atoms with van der Waals surface area (Å²) in [7, 11) is 0. The van der Waals surface area contributed by atoms with E-state index < -0.39 is 6.04 Å². The molecule has 1 saturated heterocycles. The van der Waals surface area contributed by atoms with Crippen LogP contribution in [0.25, 0.3) is 11.8 Å². The Bertz CT molecular complexity index is 1310. The summed E-state index contributed by atoms with van der Waals surface area (Å²) in [5.74, 6) is 0.148. The number of aromatic nitrogens is 2. The first kappa shape index (κ1) is 20.1. The Hall–Kier alpha value is -3.58. The van der Waals surface area contributed by atoms with Gasteiger partial charge in [0.2, 0.25) is 0 Å². The number of hydrazine groups is 1. The lowest BCUT2D eigenvalue weighted by atomic mass is 9.83. The Morgan fingerprint density at radius 3 is 2.58 bits per heavy atom. The molecule has 0 radical (unpaired) electrons. The number of halogens is 1. The highest BCUT2D eigenvalue weighted by Gasteiger charge is 2.39. The lowest BCUT2D eigenvalue weighted by Crippen LogP contribution is -2.49. The van der Waals surface area contributed by atoms with E-state index in [1.54, 1.807) is 12.1 Å². The van der Waals surface area contributed by atoms with E-state index in [4.69, 9.17) is 0 Å². The van der Waals surface area contributed by atoms with Gasteiger partial charge in [-0.2, -0.15) is 4.99 Å². The van der Waals surface area contributed by atoms with Crippen molar-refractivity contribution in [2.45, 2.75) is 32.2 Å². The minimum Gasteiger partial charge on any atom is -0.306 e. The van der Waals surface area contributed by atoms with Crippen LogP contribution in [0.3, 0.4) is 0 Å². The largest absolute Gasteiger partial charge is 0.306 e. The number of hydrogen-bond acceptors (Lipinski definition) is 4. The van der Waals surface area contributed by atoms with Gasteiger partial charge in [-0.1, -0.05) is 24.3 Å². The van der Waals surface area contributed by atoms with Crippen LogP contribution in [0.2, 0.25) is 0 Å². The van der Waals surface area contributed by atoms with Crippen LogP contribution in [0, 0.1) is 12.7 Å². The molecule has 3 heterocycles. The molecule has 1 fully saturated rings. The fourth-order valence-electron chi connectivity index (χ4n) is 5.05. The van der Waals surface area contributed by atoms with E-state index in [0.717, 1.165) is 43.6 Å². The monoisotopic (exact) mass is 441 g/mol. The van der Waals surface area contributed by atoms with Crippen molar-refractivity contribution in [1.29, 1.82) is 0 Å². The minimum absolute atomic E-state index is 0.210. The van der Waals surface area contributed by atoms with Gasteiger partial charge in [-0.25, -0.2) is 14.4 Å². The second-order valence-electron chi connectivity index (χ2n) is 8.79. The molecule has 0 saturated carbocycles. The van der Waals surface area contributed by atoms with E-state index in [0.29, 0.717) is 5.84 Å². The van der Waals surface area contributed by atoms with Crippen molar-refractivity contribution in [2.24, 2.45) is 4.99 Å². The number of rotatable bonds is 4. The number of hydrogen-bond donors (Lipinski definition) is 0. The van der Waals surface area contributed by atoms with Crippen molar-refractivity contribution in [3.63, 3.8) is 0 Å². The first-order chi connectivity index (χ1) is 16.1. The summed E-state index contributed by atoms with van der Waals surface area (Å²) < 4.78 is 15.5. The molecular weight excluding hydrogens is 417 g/mol. The van der Waals surface area contributed by atoms with Gasteiger partial charge in [-0.3, -0.25) is 9.80 Å². The van der Waals surface area contributed by atoms with Crippen molar-refractivity contribution in [3.05, 3.63) is 88.8 Å². The minimum atomic E-state index is -0.496. The molecule has 0 spiro atoms. The highest BCUT2D eigenvalue weighted by molar-refractivity contribution is 6.06. The Morgan fingerprint density at radius 1 is 1.03 bits per heavy atom. The summed E-state index contributed by atoms with van der Waals surface area (Å²) in [6.45, 7) is 3.58. The molecule has 2 aromatic carbocycles. The molecule has 166 valence electrons. The topological polar surface area (TPSA) is 53.7 Å². The van der Waals surface area contributed by atoms with Crippen molar-refractivity contribution in [1.82, 2.24) is 19.6 Å². The molecule has 0 bridgehead atoms. The predicted octanol–water partition coefficient (Wildman–Crippen LogP) is 4.03. The van der Waals surface area contributed by atoms with Crippen LogP contribution >= 0.6 is 0 Å². The molecule has 33 heavy (non-hydrogen) atoms. The average molecular weight is 442 g/mol. The molecule has 0 N–H and O–H groups in total. The third-order valence-electron chi connectivity index (χ3n) is 6.74. The number of fused-ring (bicyclic) bond motifs is 2. The highest BCUT2D eigenvalue weighted by atomic mass is 19.1. The molecule has 1 unspecified atom stereocenters. The maximum absolute atomic E-state index is 13.4. The van der Waals surface area contributed by atoms with Crippen molar-refractivity contribution < 1.29 is 9.18 Å². The van der Waals surface area contributed by atoms with E-state index in [2.05, 4.69) is 42.8 Å². The summed E-state index contributed by atoms with van der Waals surface area (Å²) in [5.41, 5.74) is 6.83. The Morgan fingerprint density at radius 2 is 1.85 bits per heavy atom. The van der Waals surface area contributed by atoms with Crippen LogP contribution in [0.5, 0.6) is 0 Å². The zero-order valence-corrected chi connectivity index (χ0v) is 18.4. The van der Waals surface area contributed by atoms with Crippen LogP contribution in [0.1, 0.15) is 40.4 Å². The van der Waals surface area contributed by atoms with Crippen LogP contribution in [-0.4, -0.2) is 44.4 Å². The zero-order valence-electron chi connectivity index (χ0n) is 18.4. The number of carbonyl (C=O) groups is 1. The van der Waals surface area contributed by atoms with E-state index in [1.165, 1.54) is 34.5 Å². The molecule has 1 aliphatic carbocycles. The standard InChI is InChI=1S/C26H24FN5O/c1-17-15-30(16-28-17)23-11-5-18(21-9-10-22(21)23)6-12-24-29-26(33)25(32-14-2-13-31(24)32)19-3-7-20(27)8-4-19/h3-8,11-12,15-16,25H,2,9-10,13-14H2,1H3/b12-6+. The number of amides is 1. The van der Waals surface area contributed by atoms with Crippen LogP contribution in [-0.2, 0) is 17.6 Å². The fraction of sp³-hybridized carbons (Fsp3) is 0.269. The van der Waals surface area contributed by atoms with Crippen LogP contribution in [0.15, 0.2) is 60.0 Å². The first-order valence-corrected chi connectivity index (χ1v) is 11.3. The quantitative estimate of drug-likeness (QED) is 0.613. The summed E-state index contributed by atoms with van der Waals surface area (Å²) >= 11 is 0. The van der Waals surface area contributed by atoms with Crippen molar-refractivity contribution in [2.75, 3.05) is 13.1 Å².